The Bertz CT molecular complexity index is 1050. The Morgan fingerprint density at radius 2 is 2.14 bits per heavy atom. The summed E-state index contributed by atoms with van der Waals surface area (Å²) in [7, 11) is 3.84. The predicted octanol–water partition coefficient (Wildman–Crippen LogP) is 2.03. The fraction of sp³-hybridized carbons (Fsp3) is 0.333. The maximum absolute atomic E-state index is 9.54. The maximum atomic E-state index is 9.54. The number of nitrogens with one attached hydrogen (secondary N) is 2. The molecular formula is C21H23N7O. The Morgan fingerprint density at radius 3 is 2.90 bits per heavy atom. The van der Waals surface area contributed by atoms with Gasteiger partial charge in [-0.25, -0.2) is 9.97 Å². The molecule has 1 aliphatic rings. The van der Waals surface area contributed by atoms with Gasteiger partial charge in [-0.1, -0.05) is 6.07 Å². The van der Waals surface area contributed by atoms with E-state index in [2.05, 4.69) is 26.7 Å². The molecule has 2 aromatic heterocycles. The summed E-state index contributed by atoms with van der Waals surface area (Å²) in [4.78, 5) is 15.6. The molecule has 1 atom stereocenters. The minimum Gasteiger partial charge on any atom is -0.377 e. The van der Waals surface area contributed by atoms with Crippen molar-refractivity contribution in [2.45, 2.75) is 6.10 Å². The zero-order chi connectivity index (χ0) is 20.2. The van der Waals surface area contributed by atoms with Gasteiger partial charge in [0.05, 0.1) is 35.2 Å². The van der Waals surface area contributed by atoms with E-state index in [1.165, 1.54) is 0 Å². The molecule has 0 saturated carbocycles. The molecule has 1 aromatic carbocycles. The number of fused-ring (bicyclic) bond motifs is 1. The number of pyridine rings is 1. The summed E-state index contributed by atoms with van der Waals surface area (Å²) >= 11 is 0. The Balaban J connectivity index is 1.71. The molecule has 0 spiro atoms. The molecule has 1 aliphatic heterocycles. The van der Waals surface area contributed by atoms with Crippen LogP contribution in [0.4, 0.5) is 11.5 Å². The van der Waals surface area contributed by atoms with E-state index in [0.717, 1.165) is 35.6 Å². The van der Waals surface area contributed by atoms with Gasteiger partial charge in [0.2, 0.25) is 0 Å². The van der Waals surface area contributed by atoms with Crippen molar-refractivity contribution in [2.24, 2.45) is 0 Å². The fourth-order valence-electron chi connectivity index (χ4n) is 3.38. The average Bonchev–Trinajstić information content (AvgIpc) is 2.77. The van der Waals surface area contributed by atoms with E-state index in [4.69, 9.17) is 9.72 Å². The monoisotopic (exact) mass is 389 g/mol. The van der Waals surface area contributed by atoms with Crippen molar-refractivity contribution in [3.05, 3.63) is 42.2 Å². The first kappa shape index (κ1) is 19.1. The number of morpholine rings is 1. The number of hydrogen-bond donors (Lipinski definition) is 2. The van der Waals surface area contributed by atoms with E-state index in [1.54, 1.807) is 12.4 Å². The third kappa shape index (κ3) is 4.11. The SMILES string of the molecule is CN(C)c1ccc(-c2cc3nccnc3c(NCC3CNCCO3)n2)cc1C#N. The maximum Gasteiger partial charge on any atom is 0.154 e. The van der Waals surface area contributed by atoms with Crippen LogP contribution < -0.4 is 15.5 Å². The van der Waals surface area contributed by atoms with Crippen LogP contribution in [0.5, 0.6) is 0 Å². The van der Waals surface area contributed by atoms with Gasteiger partial charge < -0.3 is 20.3 Å². The summed E-state index contributed by atoms with van der Waals surface area (Å²) in [5.74, 6) is 0.662. The van der Waals surface area contributed by atoms with Crippen molar-refractivity contribution >= 4 is 22.5 Å². The highest BCUT2D eigenvalue weighted by atomic mass is 16.5. The molecule has 0 radical (unpaired) electrons. The van der Waals surface area contributed by atoms with Crippen molar-refractivity contribution in [1.82, 2.24) is 20.3 Å². The Labute approximate surface area is 169 Å². The number of ether oxygens (including phenoxy) is 1. The van der Waals surface area contributed by atoms with E-state index < -0.39 is 0 Å². The number of rotatable bonds is 5. The largest absolute Gasteiger partial charge is 0.377 e. The first-order valence-corrected chi connectivity index (χ1v) is 9.55. The summed E-state index contributed by atoms with van der Waals surface area (Å²) in [5, 5.41) is 16.2. The van der Waals surface area contributed by atoms with Gasteiger partial charge in [-0.05, 0) is 18.2 Å². The summed E-state index contributed by atoms with van der Waals surface area (Å²) in [6.07, 6.45) is 3.40. The lowest BCUT2D eigenvalue weighted by Crippen LogP contribution is -2.42. The molecule has 8 nitrogen and oxygen atoms in total. The molecule has 0 aliphatic carbocycles. The lowest BCUT2D eigenvalue weighted by molar-refractivity contribution is 0.0372. The van der Waals surface area contributed by atoms with Crippen molar-refractivity contribution in [3.63, 3.8) is 0 Å². The van der Waals surface area contributed by atoms with Crippen LogP contribution in [0.25, 0.3) is 22.3 Å². The van der Waals surface area contributed by atoms with Crippen LogP contribution in [0.3, 0.4) is 0 Å². The van der Waals surface area contributed by atoms with E-state index in [9.17, 15) is 5.26 Å². The van der Waals surface area contributed by atoms with Crippen molar-refractivity contribution in [2.75, 3.05) is 50.6 Å². The van der Waals surface area contributed by atoms with Gasteiger partial charge in [0.25, 0.3) is 0 Å². The minimum atomic E-state index is 0.0745. The van der Waals surface area contributed by atoms with Crippen LogP contribution in [-0.4, -0.2) is 61.4 Å². The quantitative estimate of drug-likeness (QED) is 0.684. The molecule has 2 N–H and O–H groups in total. The highest BCUT2D eigenvalue weighted by molar-refractivity contribution is 5.88. The molecule has 0 bridgehead atoms. The Morgan fingerprint density at radius 1 is 1.28 bits per heavy atom. The molecule has 1 fully saturated rings. The zero-order valence-corrected chi connectivity index (χ0v) is 16.5. The molecule has 8 heteroatoms. The summed E-state index contributed by atoms with van der Waals surface area (Å²) in [6.45, 7) is 3.00. The first-order valence-electron chi connectivity index (χ1n) is 9.55. The van der Waals surface area contributed by atoms with Gasteiger partial charge >= 0.3 is 0 Å². The second-order valence-corrected chi connectivity index (χ2v) is 7.10. The predicted molar refractivity (Wildman–Crippen MR) is 113 cm³/mol. The lowest BCUT2D eigenvalue weighted by atomic mass is 10.1. The molecule has 1 saturated heterocycles. The number of nitrogens with zero attached hydrogens (tertiary/aromatic N) is 5. The normalized spacial score (nSPS) is 16.4. The number of anilines is 2. The van der Waals surface area contributed by atoms with E-state index in [-0.39, 0.29) is 6.10 Å². The lowest BCUT2D eigenvalue weighted by Gasteiger charge is -2.24. The molecule has 29 heavy (non-hydrogen) atoms. The molecule has 3 heterocycles. The number of aromatic nitrogens is 3. The summed E-state index contributed by atoms with van der Waals surface area (Å²) in [6, 6.07) is 9.94. The van der Waals surface area contributed by atoms with Crippen LogP contribution in [0.15, 0.2) is 36.7 Å². The van der Waals surface area contributed by atoms with Crippen molar-refractivity contribution < 1.29 is 4.74 Å². The molecule has 4 rings (SSSR count). The van der Waals surface area contributed by atoms with Crippen molar-refractivity contribution in [3.8, 4) is 17.3 Å². The van der Waals surface area contributed by atoms with Gasteiger partial charge in [-0.15, -0.1) is 0 Å². The van der Waals surface area contributed by atoms with Gasteiger partial charge in [0.15, 0.2) is 5.82 Å². The molecule has 3 aromatic rings. The van der Waals surface area contributed by atoms with Gasteiger partial charge in [0, 0.05) is 51.7 Å². The highest BCUT2D eigenvalue weighted by Crippen LogP contribution is 2.29. The van der Waals surface area contributed by atoms with Crippen LogP contribution in [0, 0.1) is 11.3 Å². The van der Waals surface area contributed by atoms with Crippen LogP contribution >= 0.6 is 0 Å². The highest BCUT2D eigenvalue weighted by Gasteiger charge is 2.16. The van der Waals surface area contributed by atoms with Crippen molar-refractivity contribution in [1.29, 1.82) is 5.26 Å². The number of hydrogen-bond acceptors (Lipinski definition) is 8. The number of nitriles is 1. The zero-order valence-electron chi connectivity index (χ0n) is 16.5. The van der Waals surface area contributed by atoms with E-state index >= 15 is 0 Å². The summed E-state index contributed by atoms with van der Waals surface area (Å²) in [5.41, 5.74) is 4.54. The van der Waals surface area contributed by atoms with Crippen LogP contribution in [0.1, 0.15) is 5.56 Å². The van der Waals surface area contributed by atoms with E-state index in [0.29, 0.717) is 30.0 Å². The van der Waals surface area contributed by atoms with Gasteiger partial charge in [0.1, 0.15) is 11.6 Å². The summed E-state index contributed by atoms with van der Waals surface area (Å²) < 4.78 is 5.76. The third-order valence-corrected chi connectivity index (χ3v) is 4.85. The molecular weight excluding hydrogens is 366 g/mol. The molecule has 1 unspecified atom stereocenters. The average molecular weight is 389 g/mol. The third-order valence-electron chi connectivity index (χ3n) is 4.85. The minimum absolute atomic E-state index is 0.0745. The second-order valence-electron chi connectivity index (χ2n) is 7.10. The molecule has 0 amide bonds. The van der Waals surface area contributed by atoms with Crippen LogP contribution in [-0.2, 0) is 4.74 Å². The smallest absolute Gasteiger partial charge is 0.154 e. The second kappa shape index (κ2) is 8.39. The standard InChI is InChI=1S/C21H23N7O/c1-28(2)19-4-3-14(9-15(19)11-22)17-10-18-20(25-6-5-24-18)21(27-17)26-13-16-12-23-7-8-29-16/h3-6,9-10,16,23H,7-8,12-13H2,1-2H3,(H,26,27). The Kier molecular flexibility index (Phi) is 5.51. The van der Waals surface area contributed by atoms with Crippen LogP contribution in [0.2, 0.25) is 0 Å². The van der Waals surface area contributed by atoms with Gasteiger partial charge in [-0.2, -0.15) is 5.26 Å². The molecule has 148 valence electrons. The Hall–Kier alpha value is -3.28. The van der Waals surface area contributed by atoms with E-state index in [1.807, 2.05) is 43.3 Å². The topological polar surface area (TPSA) is 99.0 Å². The number of benzene rings is 1. The first-order chi connectivity index (χ1) is 14.2. The van der Waals surface area contributed by atoms with Gasteiger partial charge in [-0.3, -0.25) is 4.98 Å². The fourth-order valence-corrected chi connectivity index (χ4v) is 3.38.